The molecule has 1 rings (SSSR count). The van der Waals surface area contributed by atoms with E-state index < -0.39 is 0 Å². The molecule has 0 amide bonds. The molecule has 0 aliphatic rings. The SMILES string of the molecule is COC(C)(C)CNCc1ccc(C)o1. The van der Waals surface area contributed by atoms with Gasteiger partial charge in [0.15, 0.2) is 0 Å². The zero-order chi connectivity index (χ0) is 10.6. The number of hydrogen-bond acceptors (Lipinski definition) is 3. The van der Waals surface area contributed by atoms with Gasteiger partial charge in [0, 0.05) is 13.7 Å². The van der Waals surface area contributed by atoms with Crippen LogP contribution in [0.25, 0.3) is 0 Å². The van der Waals surface area contributed by atoms with Gasteiger partial charge >= 0.3 is 0 Å². The highest BCUT2D eigenvalue weighted by molar-refractivity contribution is 5.05. The van der Waals surface area contributed by atoms with Crippen molar-refractivity contribution in [2.45, 2.75) is 32.9 Å². The van der Waals surface area contributed by atoms with Crippen molar-refractivity contribution in [3.63, 3.8) is 0 Å². The normalized spacial score (nSPS) is 12.0. The smallest absolute Gasteiger partial charge is 0.117 e. The van der Waals surface area contributed by atoms with Gasteiger partial charge in [-0.15, -0.1) is 0 Å². The van der Waals surface area contributed by atoms with Crippen molar-refractivity contribution in [2.75, 3.05) is 13.7 Å². The molecule has 3 nitrogen and oxygen atoms in total. The lowest BCUT2D eigenvalue weighted by Crippen LogP contribution is -2.36. The minimum atomic E-state index is -0.123. The van der Waals surface area contributed by atoms with Gasteiger partial charge in [-0.05, 0) is 32.9 Å². The van der Waals surface area contributed by atoms with Crippen LogP contribution in [0, 0.1) is 6.92 Å². The summed E-state index contributed by atoms with van der Waals surface area (Å²) in [6.07, 6.45) is 0. The maximum atomic E-state index is 5.43. The van der Waals surface area contributed by atoms with Crippen LogP contribution in [-0.2, 0) is 11.3 Å². The molecule has 1 heterocycles. The molecule has 1 aromatic heterocycles. The quantitative estimate of drug-likeness (QED) is 0.785. The molecular formula is C11H19NO2. The lowest BCUT2D eigenvalue weighted by molar-refractivity contribution is 0.0227. The van der Waals surface area contributed by atoms with Crippen LogP contribution < -0.4 is 5.32 Å². The summed E-state index contributed by atoms with van der Waals surface area (Å²) in [6, 6.07) is 3.96. The Bertz CT molecular complexity index is 279. The first kappa shape index (κ1) is 11.3. The van der Waals surface area contributed by atoms with Gasteiger partial charge in [-0.25, -0.2) is 0 Å². The summed E-state index contributed by atoms with van der Waals surface area (Å²) in [4.78, 5) is 0. The third-order valence-electron chi connectivity index (χ3n) is 2.20. The van der Waals surface area contributed by atoms with E-state index in [-0.39, 0.29) is 5.60 Å². The van der Waals surface area contributed by atoms with Gasteiger partial charge in [0.2, 0.25) is 0 Å². The molecule has 3 heteroatoms. The Balaban J connectivity index is 2.28. The van der Waals surface area contributed by atoms with Gasteiger partial charge in [0.05, 0.1) is 12.1 Å². The maximum Gasteiger partial charge on any atom is 0.117 e. The van der Waals surface area contributed by atoms with E-state index in [1.807, 2.05) is 32.9 Å². The zero-order valence-electron chi connectivity index (χ0n) is 9.39. The molecule has 1 N–H and O–H groups in total. The number of aryl methyl sites for hydroxylation is 1. The Morgan fingerprint density at radius 3 is 2.64 bits per heavy atom. The Kier molecular flexibility index (Phi) is 3.72. The number of rotatable bonds is 5. The van der Waals surface area contributed by atoms with Crippen LogP contribution in [0.2, 0.25) is 0 Å². The van der Waals surface area contributed by atoms with E-state index in [4.69, 9.17) is 9.15 Å². The van der Waals surface area contributed by atoms with Crippen molar-refractivity contribution in [2.24, 2.45) is 0 Å². The number of methoxy groups -OCH3 is 1. The number of furan rings is 1. The van der Waals surface area contributed by atoms with Crippen LogP contribution in [0.4, 0.5) is 0 Å². The van der Waals surface area contributed by atoms with Crippen LogP contribution in [0.3, 0.4) is 0 Å². The fourth-order valence-electron chi connectivity index (χ4n) is 1.14. The van der Waals surface area contributed by atoms with Crippen LogP contribution in [-0.4, -0.2) is 19.3 Å². The zero-order valence-corrected chi connectivity index (χ0v) is 9.39. The molecule has 0 spiro atoms. The molecule has 0 fully saturated rings. The fraction of sp³-hybridized carbons (Fsp3) is 0.636. The van der Waals surface area contributed by atoms with E-state index in [9.17, 15) is 0 Å². The Morgan fingerprint density at radius 2 is 2.14 bits per heavy atom. The summed E-state index contributed by atoms with van der Waals surface area (Å²) < 4.78 is 10.7. The summed E-state index contributed by atoms with van der Waals surface area (Å²) in [7, 11) is 1.72. The van der Waals surface area contributed by atoms with Crippen molar-refractivity contribution >= 4 is 0 Å². The third-order valence-corrected chi connectivity index (χ3v) is 2.20. The van der Waals surface area contributed by atoms with Gasteiger partial charge in [-0.3, -0.25) is 0 Å². The van der Waals surface area contributed by atoms with Crippen molar-refractivity contribution in [1.29, 1.82) is 0 Å². The lowest BCUT2D eigenvalue weighted by Gasteiger charge is -2.22. The molecule has 0 aromatic carbocycles. The first-order valence-corrected chi connectivity index (χ1v) is 4.85. The number of ether oxygens (including phenoxy) is 1. The van der Waals surface area contributed by atoms with E-state index in [1.165, 1.54) is 0 Å². The highest BCUT2D eigenvalue weighted by Gasteiger charge is 2.15. The first-order chi connectivity index (χ1) is 6.53. The second-order valence-electron chi connectivity index (χ2n) is 4.08. The maximum absolute atomic E-state index is 5.43. The van der Waals surface area contributed by atoms with Gasteiger partial charge in [-0.2, -0.15) is 0 Å². The van der Waals surface area contributed by atoms with Crippen molar-refractivity contribution in [3.05, 3.63) is 23.7 Å². The molecule has 0 bridgehead atoms. The molecule has 0 atom stereocenters. The van der Waals surface area contributed by atoms with Crippen LogP contribution >= 0.6 is 0 Å². The van der Waals surface area contributed by atoms with Crippen LogP contribution in [0.15, 0.2) is 16.5 Å². The lowest BCUT2D eigenvalue weighted by atomic mass is 10.1. The average molecular weight is 197 g/mol. The highest BCUT2D eigenvalue weighted by atomic mass is 16.5. The molecule has 0 aliphatic heterocycles. The second kappa shape index (κ2) is 4.62. The van der Waals surface area contributed by atoms with Crippen molar-refractivity contribution in [1.82, 2.24) is 5.32 Å². The Hall–Kier alpha value is -0.800. The highest BCUT2D eigenvalue weighted by Crippen LogP contribution is 2.08. The number of nitrogens with one attached hydrogen (secondary N) is 1. The third kappa shape index (κ3) is 3.52. The summed E-state index contributed by atoms with van der Waals surface area (Å²) in [5.41, 5.74) is -0.123. The average Bonchev–Trinajstić information content (AvgIpc) is 2.51. The molecule has 1 aromatic rings. The minimum absolute atomic E-state index is 0.123. The monoisotopic (exact) mass is 197 g/mol. The molecule has 80 valence electrons. The molecular weight excluding hydrogens is 178 g/mol. The summed E-state index contributed by atoms with van der Waals surface area (Å²) in [5.74, 6) is 1.92. The molecule has 0 unspecified atom stereocenters. The largest absolute Gasteiger partial charge is 0.465 e. The van der Waals surface area contributed by atoms with Gasteiger partial charge in [-0.1, -0.05) is 0 Å². The molecule has 0 saturated carbocycles. The predicted molar refractivity (Wildman–Crippen MR) is 56.2 cm³/mol. The van der Waals surface area contributed by atoms with E-state index >= 15 is 0 Å². The summed E-state index contributed by atoms with van der Waals surface area (Å²) >= 11 is 0. The standard InChI is InChI=1S/C11H19NO2/c1-9-5-6-10(14-9)7-12-8-11(2,3)13-4/h5-6,12H,7-8H2,1-4H3. The second-order valence-corrected chi connectivity index (χ2v) is 4.08. The minimum Gasteiger partial charge on any atom is -0.465 e. The Labute approximate surface area is 85.4 Å². The van der Waals surface area contributed by atoms with Crippen molar-refractivity contribution in [3.8, 4) is 0 Å². The van der Waals surface area contributed by atoms with Gasteiger partial charge < -0.3 is 14.5 Å². The fourth-order valence-corrected chi connectivity index (χ4v) is 1.14. The molecule has 14 heavy (non-hydrogen) atoms. The van der Waals surface area contributed by atoms with Crippen LogP contribution in [0.1, 0.15) is 25.4 Å². The Morgan fingerprint density at radius 1 is 1.43 bits per heavy atom. The first-order valence-electron chi connectivity index (χ1n) is 4.85. The van der Waals surface area contributed by atoms with E-state index in [1.54, 1.807) is 7.11 Å². The molecule has 0 radical (unpaired) electrons. The summed E-state index contributed by atoms with van der Waals surface area (Å²) in [5, 5.41) is 3.29. The van der Waals surface area contributed by atoms with Crippen LogP contribution in [0.5, 0.6) is 0 Å². The van der Waals surface area contributed by atoms with Gasteiger partial charge in [0.1, 0.15) is 11.5 Å². The predicted octanol–water partition coefficient (Wildman–Crippen LogP) is 2.10. The van der Waals surface area contributed by atoms with E-state index in [2.05, 4.69) is 5.32 Å². The van der Waals surface area contributed by atoms with E-state index in [0.717, 1.165) is 24.6 Å². The topological polar surface area (TPSA) is 34.4 Å². The van der Waals surface area contributed by atoms with Gasteiger partial charge in [0.25, 0.3) is 0 Å². The number of hydrogen-bond donors (Lipinski definition) is 1. The van der Waals surface area contributed by atoms with E-state index in [0.29, 0.717) is 0 Å². The molecule has 0 saturated heterocycles. The molecule has 0 aliphatic carbocycles. The summed E-state index contributed by atoms with van der Waals surface area (Å²) in [6.45, 7) is 7.60. The van der Waals surface area contributed by atoms with Crippen molar-refractivity contribution < 1.29 is 9.15 Å².